The van der Waals surface area contributed by atoms with Crippen LogP contribution in [0, 0.1) is 29.5 Å². The van der Waals surface area contributed by atoms with Gasteiger partial charge in [0.15, 0.2) is 0 Å². The number of rotatable bonds is 9. The summed E-state index contributed by atoms with van der Waals surface area (Å²) in [6.45, 7) is 2.08. The number of nitriles is 1. The van der Waals surface area contributed by atoms with E-state index in [-0.39, 0.29) is 12.1 Å². The van der Waals surface area contributed by atoms with Gasteiger partial charge in [-0.3, -0.25) is 4.98 Å². The lowest BCUT2D eigenvalue weighted by Gasteiger charge is -2.22. The van der Waals surface area contributed by atoms with E-state index in [9.17, 15) is 11.0 Å². The van der Waals surface area contributed by atoms with Crippen molar-refractivity contribution < 1.29 is 5.76 Å². The monoisotopic (exact) mass is 542 g/mol. The fourth-order valence-corrected chi connectivity index (χ4v) is 4.96. The first-order valence-electron chi connectivity index (χ1n) is 14.0. The van der Waals surface area contributed by atoms with E-state index in [4.69, 9.17) is 6.42 Å². The lowest BCUT2D eigenvalue weighted by molar-refractivity contribution is 0.610. The number of anilines is 2. The van der Waals surface area contributed by atoms with Gasteiger partial charge in [-0.05, 0) is 54.7 Å². The molecule has 5 aromatic rings. The molecule has 7 nitrogen and oxygen atoms in total. The van der Waals surface area contributed by atoms with Crippen molar-refractivity contribution >= 4 is 22.3 Å². The van der Waals surface area contributed by atoms with E-state index in [1.54, 1.807) is 29.1 Å². The maximum atomic E-state index is 13.9. The van der Waals surface area contributed by atoms with Crippen LogP contribution in [0.5, 0.6) is 0 Å². The minimum atomic E-state index is -1.62. The van der Waals surface area contributed by atoms with Crippen molar-refractivity contribution in [2.45, 2.75) is 44.3 Å². The van der Waals surface area contributed by atoms with Gasteiger partial charge in [0.1, 0.15) is 17.6 Å². The van der Waals surface area contributed by atoms with E-state index in [0.717, 1.165) is 24.8 Å². The topological polar surface area (TPSA) is 91.5 Å². The number of aromatic nitrogens is 4. The highest BCUT2D eigenvalue weighted by molar-refractivity contribution is 5.99. The van der Waals surface area contributed by atoms with Crippen LogP contribution in [0.25, 0.3) is 10.9 Å². The Morgan fingerprint density at radius 1 is 1.10 bits per heavy atom. The van der Waals surface area contributed by atoms with Gasteiger partial charge in [0.05, 0.1) is 48.0 Å². The Bertz CT molecular complexity index is 1840. The second-order valence-corrected chi connectivity index (χ2v) is 10.1. The largest absolute Gasteiger partial charge is 0.377 e. The number of pyridine rings is 1. The molecule has 0 bridgehead atoms. The van der Waals surface area contributed by atoms with Crippen LogP contribution in [-0.2, 0) is 0 Å². The maximum Gasteiger partial charge on any atom is 0.123 e. The molecule has 1 aliphatic carbocycles. The summed E-state index contributed by atoms with van der Waals surface area (Å²) in [5.74, 6) is 2.31. The molecule has 3 aromatic carbocycles. The van der Waals surface area contributed by atoms with Crippen LogP contribution in [0.2, 0.25) is 0 Å². The van der Waals surface area contributed by atoms with Gasteiger partial charge in [0.25, 0.3) is 0 Å². The molecule has 0 unspecified atom stereocenters. The van der Waals surface area contributed by atoms with Crippen LogP contribution >= 0.6 is 0 Å². The molecule has 6 rings (SSSR count). The molecule has 2 atom stereocenters. The highest BCUT2D eigenvalue weighted by Crippen LogP contribution is 2.37. The third kappa shape index (κ3) is 5.33. The van der Waals surface area contributed by atoms with Crippen molar-refractivity contribution in [2.24, 2.45) is 0 Å². The van der Waals surface area contributed by atoms with Crippen LogP contribution in [0.15, 0.2) is 79.1 Å². The molecule has 2 heterocycles. The molecule has 2 N–H and O–H groups in total. The molecule has 202 valence electrons. The number of hydrogen-bond donors (Lipinski definition) is 2. The Morgan fingerprint density at radius 2 is 1.88 bits per heavy atom. The van der Waals surface area contributed by atoms with Crippen LogP contribution < -0.4 is 10.6 Å². The molecular formula is C33H28FN7. The van der Waals surface area contributed by atoms with E-state index < -0.39 is 11.8 Å². The molecule has 0 radical (unpaired) electrons. The Morgan fingerprint density at radius 3 is 2.56 bits per heavy atom. The lowest BCUT2D eigenvalue weighted by Crippen LogP contribution is -2.14. The van der Waals surface area contributed by atoms with Crippen molar-refractivity contribution in [2.75, 3.05) is 10.6 Å². The van der Waals surface area contributed by atoms with Gasteiger partial charge < -0.3 is 10.6 Å². The molecule has 0 amide bonds. The predicted octanol–water partition coefficient (Wildman–Crippen LogP) is 6.92. The fourth-order valence-electron chi connectivity index (χ4n) is 4.96. The predicted molar refractivity (Wildman–Crippen MR) is 158 cm³/mol. The Balaban J connectivity index is 1.49. The number of nitrogens with one attached hydrogen (secondary N) is 2. The molecule has 8 heteroatoms. The van der Waals surface area contributed by atoms with Gasteiger partial charge in [-0.25, -0.2) is 9.07 Å². The highest BCUT2D eigenvalue weighted by atomic mass is 19.1. The van der Waals surface area contributed by atoms with Crippen molar-refractivity contribution in [3.63, 3.8) is 0 Å². The summed E-state index contributed by atoms with van der Waals surface area (Å²) in [7, 11) is 0. The first-order valence-corrected chi connectivity index (χ1v) is 13.5. The molecule has 0 aliphatic heterocycles. The smallest absolute Gasteiger partial charge is 0.123 e. The Labute approximate surface area is 239 Å². The van der Waals surface area contributed by atoms with Crippen molar-refractivity contribution in [1.29, 1.82) is 5.26 Å². The number of benzene rings is 3. The van der Waals surface area contributed by atoms with Crippen LogP contribution in [-0.4, -0.2) is 20.0 Å². The molecule has 41 heavy (non-hydrogen) atoms. The third-order valence-electron chi connectivity index (χ3n) is 7.27. The molecule has 0 saturated heterocycles. The highest BCUT2D eigenvalue weighted by Gasteiger charge is 2.27. The van der Waals surface area contributed by atoms with Crippen LogP contribution in [0.3, 0.4) is 0 Å². The van der Waals surface area contributed by atoms with Crippen molar-refractivity contribution in [3.05, 3.63) is 113 Å². The summed E-state index contributed by atoms with van der Waals surface area (Å²) in [6.07, 6.45) is 12.0. The lowest BCUT2D eigenvalue weighted by atomic mass is 10.00. The van der Waals surface area contributed by atoms with Gasteiger partial charge in [-0.2, -0.15) is 5.26 Å². The quantitative estimate of drug-likeness (QED) is 0.197. The van der Waals surface area contributed by atoms with Gasteiger partial charge in [0, 0.05) is 17.3 Å². The van der Waals surface area contributed by atoms with E-state index in [2.05, 4.69) is 44.8 Å². The summed E-state index contributed by atoms with van der Waals surface area (Å²) >= 11 is 0. The van der Waals surface area contributed by atoms with E-state index >= 15 is 0 Å². The van der Waals surface area contributed by atoms with Gasteiger partial charge >= 0.3 is 0 Å². The first kappa shape index (κ1) is 24.8. The Kier molecular flexibility index (Phi) is 6.72. The van der Waals surface area contributed by atoms with Gasteiger partial charge in [-0.15, -0.1) is 11.5 Å². The average Bonchev–Trinajstić information content (AvgIpc) is 3.75. The zero-order chi connectivity index (χ0) is 29.3. The first-order chi connectivity index (χ1) is 20.4. The number of hydrogen-bond acceptors (Lipinski definition) is 6. The van der Waals surface area contributed by atoms with E-state index in [1.165, 1.54) is 18.3 Å². The molecule has 0 spiro atoms. The second kappa shape index (κ2) is 11.1. The van der Waals surface area contributed by atoms with E-state index in [1.807, 2.05) is 36.4 Å². The molecule has 1 fully saturated rings. The summed E-state index contributed by atoms with van der Waals surface area (Å²) in [6, 6.07) is 20.2. The number of nitrogens with zero attached hydrogens (tertiary/aromatic N) is 5. The molecule has 2 aromatic heterocycles. The van der Waals surface area contributed by atoms with E-state index in [0.29, 0.717) is 44.7 Å². The number of fused-ring (bicyclic) bond motifs is 1. The second-order valence-electron chi connectivity index (χ2n) is 10.1. The molecule has 1 aliphatic rings. The standard InChI is InChI=1S/C33H28FN7/c1-3-21-16-26(37-33(23-10-12-25(34)13-11-23)30-20-41(40-39-30)27-14-15-27)17-28-31(21)36-19-24(18-35)32(28)38-29(4-2)22-8-6-5-7-9-22/h1,5-13,16-17,19-20,27,29,33,37H,4,14-15H2,2H3,(H,36,38)/t29-,33+/m1/s1/i33D. The SMILES string of the molecule is [2H][C@](Nc1cc(C#C)c2ncc(C#N)c(N[C@H](CC)c3ccccc3)c2c1)(c1ccc(F)cc1)c1cn(C2CC2)nn1. The normalized spacial score (nSPS) is 15.3. The summed E-state index contributed by atoms with van der Waals surface area (Å²) < 4.78 is 25.3. The fraction of sp³-hybridized carbons (Fsp3) is 0.212. The summed E-state index contributed by atoms with van der Waals surface area (Å²) in [5.41, 5.74) is 4.48. The molecular weight excluding hydrogens is 513 g/mol. The minimum Gasteiger partial charge on any atom is -0.377 e. The number of terminal acetylenes is 1. The summed E-state index contributed by atoms with van der Waals surface area (Å²) in [4.78, 5) is 4.54. The average molecular weight is 543 g/mol. The Hall–Kier alpha value is -5.21. The van der Waals surface area contributed by atoms with Gasteiger partial charge in [0.2, 0.25) is 0 Å². The zero-order valence-corrected chi connectivity index (χ0v) is 22.5. The van der Waals surface area contributed by atoms with Crippen LogP contribution in [0.4, 0.5) is 15.8 Å². The third-order valence-corrected chi connectivity index (χ3v) is 7.27. The summed E-state index contributed by atoms with van der Waals surface area (Å²) in [5, 5.41) is 26.1. The maximum absolute atomic E-state index is 13.9. The van der Waals surface area contributed by atoms with Gasteiger partial charge in [-0.1, -0.05) is 60.5 Å². The van der Waals surface area contributed by atoms with Crippen molar-refractivity contribution in [1.82, 2.24) is 20.0 Å². The molecule has 1 saturated carbocycles. The zero-order valence-electron chi connectivity index (χ0n) is 23.5. The minimum absolute atomic E-state index is 0.0678. The number of halogens is 1. The van der Waals surface area contributed by atoms with Crippen molar-refractivity contribution in [3.8, 4) is 18.4 Å². The van der Waals surface area contributed by atoms with Crippen LogP contribution in [0.1, 0.15) is 73.6 Å².